The third-order valence-corrected chi connectivity index (χ3v) is 3.88. The second-order valence-corrected chi connectivity index (χ2v) is 5.12. The molecule has 1 aromatic rings. The SMILES string of the molecule is N#Cc1cc2c(nc1N1CCOCC1C(N)=O)CCC2. The Labute approximate surface area is 117 Å². The minimum atomic E-state index is -0.553. The van der Waals surface area contributed by atoms with Crippen LogP contribution in [0.25, 0.3) is 0 Å². The molecule has 1 aliphatic heterocycles. The monoisotopic (exact) mass is 272 g/mol. The van der Waals surface area contributed by atoms with Crippen LogP contribution in [-0.2, 0) is 22.4 Å². The number of carbonyl (C=O) groups excluding carboxylic acids is 1. The van der Waals surface area contributed by atoms with E-state index in [1.165, 1.54) is 0 Å². The Balaban J connectivity index is 2.04. The maximum Gasteiger partial charge on any atom is 0.242 e. The van der Waals surface area contributed by atoms with E-state index in [1.807, 2.05) is 11.0 Å². The summed E-state index contributed by atoms with van der Waals surface area (Å²) in [7, 11) is 0. The Morgan fingerprint density at radius 2 is 2.40 bits per heavy atom. The molecule has 3 rings (SSSR count). The highest BCUT2D eigenvalue weighted by molar-refractivity contribution is 5.84. The van der Waals surface area contributed by atoms with Gasteiger partial charge >= 0.3 is 0 Å². The van der Waals surface area contributed by atoms with Gasteiger partial charge in [0.2, 0.25) is 5.91 Å². The number of aryl methyl sites for hydroxylation is 2. The largest absolute Gasteiger partial charge is 0.377 e. The van der Waals surface area contributed by atoms with Crippen molar-refractivity contribution in [1.29, 1.82) is 5.26 Å². The number of amides is 1. The van der Waals surface area contributed by atoms with E-state index in [4.69, 9.17) is 10.5 Å². The van der Waals surface area contributed by atoms with Crippen LogP contribution in [-0.4, -0.2) is 36.7 Å². The molecule has 20 heavy (non-hydrogen) atoms. The number of anilines is 1. The molecule has 1 saturated heterocycles. The number of carbonyl (C=O) groups is 1. The number of aromatic nitrogens is 1. The van der Waals surface area contributed by atoms with Gasteiger partial charge in [0.15, 0.2) is 0 Å². The molecule has 1 aromatic heterocycles. The minimum Gasteiger partial charge on any atom is -0.377 e. The Kier molecular flexibility index (Phi) is 3.28. The van der Waals surface area contributed by atoms with Gasteiger partial charge in [-0.1, -0.05) is 0 Å². The van der Waals surface area contributed by atoms with Crippen LogP contribution in [0.15, 0.2) is 6.07 Å². The summed E-state index contributed by atoms with van der Waals surface area (Å²) in [4.78, 5) is 18.0. The highest BCUT2D eigenvalue weighted by atomic mass is 16.5. The summed E-state index contributed by atoms with van der Waals surface area (Å²) >= 11 is 0. The molecule has 1 unspecified atom stereocenters. The Hall–Kier alpha value is -2.13. The zero-order valence-corrected chi connectivity index (χ0v) is 11.1. The number of pyridine rings is 1. The molecule has 104 valence electrons. The van der Waals surface area contributed by atoms with Crippen LogP contribution in [0.4, 0.5) is 5.82 Å². The van der Waals surface area contributed by atoms with Gasteiger partial charge in [-0.2, -0.15) is 5.26 Å². The van der Waals surface area contributed by atoms with Crippen molar-refractivity contribution in [3.05, 3.63) is 22.9 Å². The van der Waals surface area contributed by atoms with Crippen molar-refractivity contribution in [2.24, 2.45) is 5.73 Å². The first-order valence-corrected chi connectivity index (χ1v) is 6.77. The molecule has 0 bridgehead atoms. The van der Waals surface area contributed by atoms with Gasteiger partial charge in [-0.25, -0.2) is 4.98 Å². The van der Waals surface area contributed by atoms with Crippen molar-refractivity contribution in [1.82, 2.24) is 4.98 Å². The van der Waals surface area contributed by atoms with E-state index in [-0.39, 0.29) is 6.61 Å². The summed E-state index contributed by atoms with van der Waals surface area (Å²) in [5, 5.41) is 9.34. The van der Waals surface area contributed by atoms with Gasteiger partial charge in [0.05, 0.1) is 18.8 Å². The summed E-state index contributed by atoms with van der Waals surface area (Å²) in [5.74, 6) is 0.121. The van der Waals surface area contributed by atoms with E-state index in [1.54, 1.807) is 0 Å². The van der Waals surface area contributed by atoms with Crippen LogP contribution >= 0.6 is 0 Å². The third kappa shape index (κ3) is 2.10. The van der Waals surface area contributed by atoms with Gasteiger partial charge in [-0.05, 0) is 30.9 Å². The van der Waals surface area contributed by atoms with Gasteiger partial charge in [-0.3, -0.25) is 4.79 Å². The fourth-order valence-electron chi connectivity index (χ4n) is 2.86. The summed E-state index contributed by atoms with van der Waals surface area (Å²) < 4.78 is 5.31. The maximum atomic E-state index is 11.6. The van der Waals surface area contributed by atoms with Gasteiger partial charge in [-0.15, -0.1) is 0 Å². The molecule has 0 radical (unpaired) electrons. The van der Waals surface area contributed by atoms with E-state index < -0.39 is 11.9 Å². The van der Waals surface area contributed by atoms with Gasteiger partial charge in [0.25, 0.3) is 0 Å². The van der Waals surface area contributed by atoms with Crippen LogP contribution in [0.5, 0.6) is 0 Å². The van der Waals surface area contributed by atoms with Crippen LogP contribution in [0.2, 0.25) is 0 Å². The molecule has 0 aromatic carbocycles. The Morgan fingerprint density at radius 1 is 1.55 bits per heavy atom. The van der Waals surface area contributed by atoms with Crippen molar-refractivity contribution in [3.63, 3.8) is 0 Å². The van der Waals surface area contributed by atoms with Crippen molar-refractivity contribution < 1.29 is 9.53 Å². The number of hydrogen-bond acceptors (Lipinski definition) is 5. The highest BCUT2D eigenvalue weighted by Crippen LogP contribution is 2.28. The zero-order chi connectivity index (χ0) is 14.1. The van der Waals surface area contributed by atoms with Crippen LogP contribution < -0.4 is 10.6 Å². The first-order chi connectivity index (χ1) is 9.70. The normalized spacial score (nSPS) is 21.4. The molecular formula is C14H16N4O2. The van der Waals surface area contributed by atoms with E-state index in [0.29, 0.717) is 24.5 Å². The lowest BCUT2D eigenvalue weighted by Crippen LogP contribution is -2.53. The molecule has 0 spiro atoms. The number of ether oxygens (including phenoxy) is 1. The molecule has 1 atom stereocenters. The summed E-state index contributed by atoms with van der Waals surface area (Å²) in [6.07, 6.45) is 2.97. The van der Waals surface area contributed by atoms with Gasteiger partial charge in [0, 0.05) is 12.2 Å². The zero-order valence-electron chi connectivity index (χ0n) is 11.1. The number of nitrogens with zero attached hydrogens (tertiary/aromatic N) is 3. The second kappa shape index (κ2) is 5.10. The number of hydrogen-bond donors (Lipinski definition) is 1. The highest BCUT2D eigenvalue weighted by Gasteiger charge is 2.31. The first-order valence-electron chi connectivity index (χ1n) is 6.77. The van der Waals surface area contributed by atoms with Gasteiger partial charge in [0.1, 0.15) is 17.9 Å². The third-order valence-electron chi connectivity index (χ3n) is 3.88. The summed E-state index contributed by atoms with van der Waals surface area (Å²) in [5.41, 5.74) is 8.12. The fourth-order valence-corrected chi connectivity index (χ4v) is 2.86. The molecule has 6 nitrogen and oxygen atoms in total. The average molecular weight is 272 g/mol. The van der Waals surface area contributed by atoms with Crippen LogP contribution in [0.1, 0.15) is 23.2 Å². The maximum absolute atomic E-state index is 11.6. The first kappa shape index (κ1) is 12.9. The van der Waals surface area contributed by atoms with Crippen molar-refractivity contribution in [2.75, 3.05) is 24.7 Å². The number of fused-ring (bicyclic) bond motifs is 1. The lowest BCUT2D eigenvalue weighted by Gasteiger charge is -2.35. The summed E-state index contributed by atoms with van der Waals surface area (Å²) in [6.45, 7) is 1.28. The molecule has 1 fully saturated rings. The lowest BCUT2D eigenvalue weighted by molar-refractivity contribution is -0.121. The van der Waals surface area contributed by atoms with E-state index in [9.17, 15) is 10.1 Å². The number of morpholine rings is 1. The van der Waals surface area contributed by atoms with Crippen molar-refractivity contribution in [2.45, 2.75) is 25.3 Å². The predicted octanol–water partition coefficient (Wildman–Crippen LogP) is 0.132. The van der Waals surface area contributed by atoms with Gasteiger partial charge < -0.3 is 15.4 Å². The quantitative estimate of drug-likeness (QED) is 0.826. The lowest BCUT2D eigenvalue weighted by atomic mass is 10.1. The molecular weight excluding hydrogens is 256 g/mol. The molecule has 6 heteroatoms. The minimum absolute atomic E-state index is 0.249. The average Bonchev–Trinajstić information content (AvgIpc) is 2.93. The number of rotatable bonds is 2. The topological polar surface area (TPSA) is 92.2 Å². The van der Waals surface area contributed by atoms with Crippen LogP contribution in [0, 0.1) is 11.3 Å². The molecule has 2 aliphatic rings. The number of nitrogens with two attached hydrogens (primary N) is 1. The van der Waals surface area contributed by atoms with Crippen molar-refractivity contribution in [3.8, 4) is 6.07 Å². The predicted molar refractivity (Wildman–Crippen MR) is 72.1 cm³/mol. The van der Waals surface area contributed by atoms with Crippen LogP contribution in [0.3, 0.4) is 0 Å². The molecule has 0 saturated carbocycles. The number of nitriles is 1. The van der Waals surface area contributed by atoms with E-state index in [2.05, 4.69) is 11.1 Å². The molecule has 1 aliphatic carbocycles. The standard InChI is InChI=1S/C14H16N4O2/c15-7-10-6-9-2-1-3-11(9)17-14(10)18-4-5-20-8-12(18)13(16)19/h6,12H,1-5,8H2,(H2,16,19). The smallest absolute Gasteiger partial charge is 0.242 e. The van der Waals surface area contributed by atoms with E-state index in [0.717, 1.165) is 30.5 Å². The van der Waals surface area contributed by atoms with Crippen molar-refractivity contribution >= 4 is 11.7 Å². The molecule has 2 N–H and O–H groups in total. The number of primary amides is 1. The molecule has 1 amide bonds. The van der Waals surface area contributed by atoms with E-state index >= 15 is 0 Å². The second-order valence-electron chi connectivity index (χ2n) is 5.12. The Bertz CT molecular complexity index is 594. The Morgan fingerprint density at radius 3 is 3.15 bits per heavy atom. The fraction of sp³-hybridized carbons (Fsp3) is 0.500. The molecule has 2 heterocycles. The summed E-state index contributed by atoms with van der Waals surface area (Å²) in [6, 6.07) is 3.53.